The van der Waals surface area contributed by atoms with Crippen molar-refractivity contribution in [2.75, 3.05) is 0 Å². The van der Waals surface area contributed by atoms with Gasteiger partial charge in [-0.25, -0.2) is 4.98 Å². The van der Waals surface area contributed by atoms with Crippen LogP contribution in [0.3, 0.4) is 0 Å². The molecule has 0 aliphatic rings. The average Bonchev–Trinajstić information content (AvgIpc) is 2.66. The van der Waals surface area contributed by atoms with E-state index in [4.69, 9.17) is 0 Å². The fraction of sp³-hybridized carbons (Fsp3) is 0.250. The van der Waals surface area contributed by atoms with Crippen LogP contribution in [-0.2, 0) is 5.60 Å². The lowest BCUT2D eigenvalue weighted by molar-refractivity contribution is 0.0971. The SMILES string of the molecule is Cc1nc[nH]c1C(C)(O)c1ccccc1. The van der Waals surface area contributed by atoms with Gasteiger partial charge in [-0.1, -0.05) is 30.3 Å². The molecule has 0 aliphatic carbocycles. The van der Waals surface area contributed by atoms with Gasteiger partial charge in [0.05, 0.1) is 17.7 Å². The summed E-state index contributed by atoms with van der Waals surface area (Å²) in [6.07, 6.45) is 1.60. The number of nitrogens with one attached hydrogen (secondary N) is 1. The fourth-order valence-corrected chi connectivity index (χ4v) is 1.76. The van der Waals surface area contributed by atoms with Crippen LogP contribution in [0.25, 0.3) is 0 Å². The average molecular weight is 202 g/mol. The molecule has 0 saturated heterocycles. The van der Waals surface area contributed by atoms with Gasteiger partial charge in [0, 0.05) is 0 Å². The summed E-state index contributed by atoms with van der Waals surface area (Å²) in [4.78, 5) is 7.08. The summed E-state index contributed by atoms with van der Waals surface area (Å²) in [5.74, 6) is 0. The summed E-state index contributed by atoms with van der Waals surface area (Å²) in [5.41, 5.74) is 1.41. The normalized spacial score (nSPS) is 14.9. The molecule has 3 heteroatoms. The Morgan fingerprint density at radius 3 is 2.47 bits per heavy atom. The number of hydrogen-bond acceptors (Lipinski definition) is 2. The van der Waals surface area contributed by atoms with E-state index in [2.05, 4.69) is 9.97 Å². The number of imidazole rings is 1. The van der Waals surface area contributed by atoms with E-state index in [0.29, 0.717) is 0 Å². The molecule has 1 aromatic heterocycles. The molecule has 0 amide bonds. The van der Waals surface area contributed by atoms with Crippen molar-refractivity contribution in [3.05, 3.63) is 53.6 Å². The molecule has 0 fully saturated rings. The number of aromatic nitrogens is 2. The lowest BCUT2D eigenvalue weighted by Gasteiger charge is -2.23. The van der Waals surface area contributed by atoms with E-state index in [1.807, 2.05) is 37.3 Å². The Hall–Kier alpha value is -1.61. The van der Waals surface area contributed by atoms with E-state index in [0.717, 1.165) is 17.0 Å². The van der Waals surface area contributed by atoms with Gasteiger partial charge in [0.25, 0.3) is 0 Å². The zero-order valence-corrected chi connectivity index (χ0v) is 8.86. The van der Waals surface area contributed by atoms with Gasteiger partial charge >= 0.3 is 0 Å². The van der Waals surface area contributed by atoms with Gasteiger partial charge in [-0.05, 0) is 19.4 Å². The molecule has 0 radical (unpaired) electrons. The van der Waals surface area contributed by atoms with Gasteiger partial charge in [-0.3, -0.25) is 0 Å². The predicted molar refractivity (Wildman–Crippen MR) is 58.4 cm³/mol. The number of aliphatic hydroxyl groups is 1. The first-order chi connectivity index (χ1) is 7.12. The predicted octanol–water partition coefficient (Wildman–Crippen LogP) is 1.97. The van der Waals surface area contributed by atoms with Crippen LogP contribution < -0.4 is 0 Å². The summed E-state index contributed by atoms with van der Waals surface area (Å²) >= 11 is 0. The fourth-order valence-electron chi connectivity index (χ4n) is 1.76. The third-order valence-electron chi connectivity index (χ3n) is 2.65. The smallest absolute Gasteiger partial charge is 0.128 e. The Morgan fingerprint density at radius 2 is 1.93 bits per heavy atom. The second-order valence-corrected chi connectivity index (χ2v) is 3.80. The Balaban J connectivity index is 2.48. The molecule has 0 saturated carbocycles. The molecule has 1 aromatic carbocycles. The minimum atomic E-state index is -1.01. The highest BCUT2D eigenvalue weighted by molar-refractivity contribution is 5.32. The van der Waals surface area contributed by atoms with Gasteiger partial charge in [-0.2, -0.15) is 0 Å². The number of H-pyrrole nitrogens is 1. The van der Waals surface area contributed by atoms with Gasteiger partial charge in [0.15, 0.2) is 0 Å². The van der Waals surface area contributed by atoms with Gasteiger partial charge in [-0.15, -0.1) is 0 Å². The maximum atomic E-state index is 10.5. The van der Waals surface area contributed by atoms with Gasteiger partial charge in [0.2, 0.25) is 0 Å². The quantitative estimate of drug-likeness (QED) is 0.782. The number of hydrogen-bond donors (Lipinski definition) is 2. The molecule has 2 aromatic rings. The Morgan fingerprint density at radius 1 is 1.27 bits per heavy atom. The van der Waals surface area contributed by atoms with Crippen LogP contribution in [0, 0.1) is 6.92 Å². The van der Waals surface area contributed by atoms with E-state index in [1.54, 1.807) is 13.3 Å². The molecular weight excluding hydrogens is 188 g/mol. The second-order valence-electron chi connectivity index (χ2n) is 3.80. The first-order valence-corrected chi connectivity index (χ1v) is 4.90. The zero-order valence-electron chi connectivity index (χ0n) is 8.86. The maximum Gasteiger partial charge on any atom is 0.128 e. The molecule has 15 heavy (non-hydrogen) atoms. The van der Waals surface area contributed by atoms with Crippen LogP contribution in [-0.4, -0.2) is 15.1 Å². The summed E-state index contributed by atoms with van der Waals surface area (Å²) < 4.78 is 0. The molecule has 3 nitrogen and oxygen atoms in total. The van der Waals surface area contributed by atoms with Gasteiger partial charge in [0.1, 0.15) is 5.60 Å². The lowest BCUT2D eigenvalue weighted by Crippen LogP contribution is -2.24. The third kappa shape index (κ3) is 1.66. The molecular formula is C12H14N2O. The maximum absolute atomic E-state index is 10.5. The first kappa shape index (κ1) is 9.93. The minimum absolute atomic E-state index is 0.744. The van der Waals surface area contributed by atoms with Crippen LogP contribution >= 0.6 is 0 Å². The van der Waals surface area contributed by atoms with Crippen molar-refractivity contribution >= 4 is 0 Å². The highest BCUT2D eigenvalue weighted by atomic mass is 16.3. The standard InChI is InChI=1S/C12H14N2O/c1-9-11(14-8-13-9)12(2,15)10-6-4-3-5-7-10/h3-8,15H,1-2H3,(H,13,14). The van der Waals surface area contributed by atoms with Crippen LogP contribution in [0.15, 0.2) is 36.7 Å². The summed E-state index contributed by atoms with van der Waals surface area (Å²) in [6, 6.07) is 9.56. The first-order valence-electron chi connectivity index (χ1n) is 4.90. The topological polar surface area (TPSA) is 48.9 Å². The molecule has 78 valence electrons. The molecule has 0 spiro atoms. The molecule has 0 bridgehead atoms. The number of nitrogens with zero attached hydrogens (tertiary/aromatic N) is 1. The molecule has 1 heterocycles. The van der Waals surface area contributed by atoms with E-state index in [9.17, 15) is 5.11 Å². The number of aryl methyl sites for hydroxylation is 1. The number of rotatable bonds is 2. The van der Waals surface area contributed by atoms with Crippen LogP contribution in [0.4, 0.5) is 0 Å². The van der Waals surface area contributed by atoms with Crippen molar-refractivity contribution in [1.82, 2.24) is 9.97 Å². The number of aromatic amines is 1. The number of benzene rings is 1. The van der Waals surface area contributed by atoms with Crippen molar-refractivity contribution in [2.24, 2.45) is 0 Å². The lowest BCUT2D eigenvalue weighted by atomic mass is 9.91. The highest BCUT2D eigenvalue weighted by Crippen LogP contribution is 2.28. The van der Waals surface area contributed by atoms with Crippen molar-refractivity contribution in [3.63, 3.8) is 0 Å². The molecule has 1 unspecified atom stereocenters. The molecule has 2 N–H and O–H groups in total. The molecule has 0 aliphatic heterocycles. The van der Waals surface area contributed by atoms with Crippen molar-refractivity contribution in [1.29, 1.82) is 0 Å². The summed E-state index contributed by atoms with van der Waals surface area (Å²) in [7, 11) is 0. The zero-order chi connectivity index (χ0) is 10.9. The van der Waals surface area contributed by atoms with E-state index in [-0.39, 0.29) is 0 Å². The molecule has 2 rings (SSSR count). The third-order valence-corrected chi connectivity index (χ3v) is 2.65. The summed E-state index contributed by atoms with van der Waals surface area (Å²) in [5, 5.41) is 10.5. The Bertz CT molecular complexity index is 446. The monoisotopic (exact) mass is 202 g/mol. The Kier molecular flexibility index (Phi) is 2.32. The van der Waals surface area contributed by atoms with Crippen molar-refractivity contribution < 1.29 is 5.11 Å². The van der Waals surface area contributed by atoms with E-state index in [1.165, 1.54) is 0 Å². The van der Waals surface area contributed by atoms with Crippen molar-refractivity contribution in [3.8, 4) is 0 Å². The minimum Gasteiger partial charge on any atom is -0.379 e. The van der Waals surface area contributed by atoms with E-state index < -0.39 is 5.60 Å². The van der Waals surface area contributed by atoms with Crippen LogP contribution in [0.2, 0.25) is 0 Å². The summed E-state index contributed by atoms with van der Waals surface area (Å²) in [6.45, 7) is 3.64. The highest BCUT2D eigenvalue weighted by Gasteiger charge is 2.28. The second kappa shape index (κ2) is 3.51. The molecule has 1 atom stereocenters. The largest absolute Gasteiger partial charge is 0.379 e. The van der Waals surface area contributed by atoms with E-state index >= 15 is 0 Å². The van der Waals surface area contributed by atoms with Gasteiger partial charge < -0.3 is 10.1 Å². The van der Waals surface area contributed by atoms with Crippen LogP contribution in [0.5, 0.6) is 0 Å². The van der Waals surface area contributed by atoms with Crippen molar-refractivity contribution in [2.45, 2.75) is 19.4 Å². The van der Waals surface area contributed by atoms with Crippen LogP contribution in [0.1, 0.15) is 23.9 Å². The Labute approximate surface area is 88.8 Å².